The molecule has 1 heterocycles. The monoisotopic (exact) mass is 606 g/mol. The van der Waals surface area contributed by atoms with Gasteiger partial charge in [-0.05, 0) is 36.4 Å². The maximum absolute atomic E-state index is 13.4. The van der Waals surface area contributed by atoms with Gasteiger partial charge in [-0.15, -0.1) is 0 Å². The minimum Gasteiger partial charge on any atom is -0.744 e. The Morgan fingerprint density at radius 3 is 2.15 bits per heavy atom. The number of hydrogen-bond acceptors (Lipinski definition) is 9. The molecule has 4 N–H and O–H groups in total. The van der Waals surface area contributed by atoms with E-state index in [1.807, 2.05) is 0 Å². The maximum Gasteiger partial charge on any atom is 1.00 e. The number of nitrogen functional groups attached to an aromatic ring is 1. The summed E-state index contributed by atoms with van der Waals surface area (Å²) in [5.74, 6) is -2.22. The summed E-state index contributed by atoms with van der Waals surface area (Å²) in [6, 6.07) is 9.89. The molecular weight excluding hydrogens is 589 g/mol. The van der Waals surface area contributed by atoms with E-state index in [-0.39, 0.29) is 92.5 Å². The van der Waals surface area contributed by atoms with Crippen LogP contribution in [0.1, 0.15) is 20.8 Å². The van der Waals surface area contributed by atoms with E-state index < -0.39 is 53.3 Å². The van der Waals surface area contributed by atoms with Crippen molar-refractivity contribution in [3.8, 4) is 0 Å². The van der Waals surface area contributed by atoms with Gasteiger partial charge in [0.05, 0.1) is 26.9 Å². The molecule has 198 valence electrons. The van der Waals surface area contributed by atoms with E-state index in [0.29, 0.717) is 0 Å². The number of hydrogen-bond donors (Lipinski definition) is 3. The normalized spacial score (nSPS) is 11.3. The van der Waals surface area contributed by atoms with Crippen molar-refractivity contribution in [2.75, 3.05) is 16.4 Å². The molecule has 0 spiro atoms. The number of aromatic nitrogens is 1. The summed E-state index contributed by atoms with van der Waals surface area (Å²) in [6.45, 7) is 0. The maximum atomic E-state index is 13.4. The minimum atomic E-state index is -5.27. The first-order chi connectivity index (χ1) is 17.7. The second-order valence-electron chi connectivity index (χ2n) is 8.07. The van der Waals surface area contributed by atoms with E-state index in [9.17, 15) is 39.9 Å². The van der Waals surface area contributed by atoms with Crippen LogP contribution in [0.5, 0.6) is 0 Å². The van der Waals surface area contributed by atoms with Gasteiger partial charge in [0, 0.05) is 29.6 Å². The van der Waals surface area contributed by atoms with Crippen LogP contribution in [0.3, 0.4) is 0 Å². The molecule has 0 saturated heterocycles. The Morgan fingerprint density at radius 2 is 1.55 bits per heavy atom. The third kappa shape index (κ3) is 7.12. The molecule has 0 atom stereocenters. The van der Waals surface area contributed by atoms with Crippen molar-refractivity contribution in [1.29, 1.82) is 0 Å². The van der Waals surface area contributed by atoms with E-state index in [1.165, 1.54) is 29.9 Å². The number of nitrogens with one attached hydrogen (secondary N) is 2. The van der Waals surface area contributed by atoms with Gasteiger partial charge in [-0.3, -0.25) is 9.59 Å². The molecule has 0 radical (unpaired) electrons. The number of benzene rings is 3. The standard InChI is InChI=1S/C23H19FN4O8S2.2Na/c1-28-11-13(26-22(29)12-5-7-16(24)17(25)9-12)10-19(28)23(30)27-18-8-6-14-15(21(18)38(34,35)36)3-2-4-20(14)37(31,32)33;;/h2-11H,25H2,1H3,(H,26,29)(H,27,30)(H,31,32,33)(H,34,35,36);;/q;2*+1/p-2. The fraction of sp³-hybridized carbons (Fsp3) is 0.0435. The van der Waals surface area contributed by atoms with Gasteiger partial charge in [-0.2, -0.15) is 0 Å². The number of rotatable bonds is 6. The van der Waals surface area contributed by atoms with Gasteiger partial charge in [0.2, 0.25) is 0 Å². The number of carbonyl (C=O) groups is 2. The Bertz CT molecular complexity index is 1860. The molecule has 2 amide bonds. The Morgan fingerprint density at radius 1 is 0.875 bits per heavy atom. The van der Waals surface area contributed by atoms with E-state index in [0.717, 1.165) is 42.5 Å². The fourth-order valence-electron chi connectivity index (χ4n) is 3.82. The molecule has 40 heavy (non-hydrogen) atoms. The van der Waals surface area contributed by atoms with E-state index in [1.54, 1.807) is 0 Å². The van der Waals surface area contributed by atoms with Crippen molar-refractivity contribution in [3.63, 3.8) is 0 Å². The van der Waals surface area contributed by atoms with Crippen LogP contribution in [0.25, 0.3) is 10.8 Å². The van der Waals surface area contributed by atoms with Crippen molar-refractivity contribution < 1.29 is 99.0 Å². The number of carbonyl (C=O) groups excluding carboxylic acids is 2. The number of nitrogens with two attached hydrogens (primary N) is 1. The summed E-state index contributed by atoms with van der Waals surface area (Å²) < 4.78 is 85.7. The van der Waals surface area contributed by atoms with Gasteiger partial charge in [0.25, 0.3) is 11.8 Å². The third-order valence-corrected chi connectivity index (χ3v) is 7.33. The van der Waals surface area contributed by atoms with Gasteiger partial charge >= 0.3 is 59.1 Å². The molecule has 1 aromatic heterocycles. The van der Waals surface area contributed by atoms with Gasteiger partial charge in [-0.25, -0.2) is 21.2 Å². The summed E-state index contributed by atoms with van der Waals surface area (Å²) in [4.78, 5) is 23.8. The molecule has 4 rings (SSSR count). The van der Waals surface area contributed by atoms with Crippen LogP contribution in [-0.2, 0) is 27.3 Å². The third-order valence-electron chi connectivity index (χ3n) is 5.49. The van der Waals surface area contributed by atoms with Crippen LogP contribution in [-0.4, -0.2) is 42.3 Å². The Kier molecular flexibility index (Phi) is 10.8. The van der Waals surface area contributed by atoms with Gasteiger partial charge in [0.1, 0.15) is 31.7 Å². The van der Waals surface area contributed by atoms with Crippen LogP contribution < -0.4 is 75.5 Å². The summed E-state index contributed by atoms with van der Waals surface area (Å²) in [7, 11) is -8.82. The van der Waals surface area contributed by atoms with E-state index in [4.69, 9.17) is 5.73 Å². The van der Waals surface area contributed by atoms with Crippen LogP contribution in [0.2, 0.25) is 0 Å². The zero-order valence-electron chi connectivity index (χ0n) is 21.3. The zero-order valence-corrected chi connectivity index (χ0v) is 26.9. The molecule has 4 aromatic rings. The van der Waals surface area contributed by atoms with Crippen LogP contribution in [0.4, 0.5) is 21.5 Å². The fourth-order valence-corrected chi connectivity index (χ4v) is 5.35. The molecule has 12 nitrogen and oxygen atoms in total. The number of nitrogens with zero attached hydrogens (tertiary/aromatic N) is 1. The molecule has 3 aromatic carbocycles. The van der Waals surface area contributed by atoms with Crippen molar-refractivity contribution in [2.24, 2.45) is 7.05 Å². The average Bonchev–Trinajstić information content (AvgIpc) is 3.18. The molecule has 17 heteroatoms. The predicted octanol–water partition coefficient (Wildman–Crippen LogP) is -3.78. The number of aryl methyl sites for hydroxylation is 1. The van der Waals surface area contributed by atoms with E-state index in [2.05, 4.69) is 10.6 Å². The van der Waals surface area contributed by atoms with Crippen molar-refractivity contribution >= 4 is 59.9 Å². The number of fused-ring (bicyclic) bond motifs is 1. The first-order valence-corrected chi connectivity index (χ1v) is 13.3. The summed E-state index contributed by atoms with van der Waals surface area (Å²) in [5, 5.41) is 4.14. The molecule has 0 saturated carbocycles. The quantitative estimate of drug-likeness (QED) is 0.112. The number of anilines is 3. The van der Waals surface area contributed by atoms with Crippen molar-refractivity contribution in [1.82, 2.24) is 4.57 Å². The largest absolute Gasteiger partial charge is 1.00 e. The topological polar surface area (TPSA) is 204 Å². The summed E-state index contributed by atoms with van der Waals surface area (Å²) in [6.07, 6.45) is 1.37. The molecule has 0 bridgehead atoms. The first-order valence-electron chi connectivity index (χ1n) is 10.5. The molecule has 0 aliphatic heterocycles. The molecule has 0 aliphatic rings. The van der Waals surface area contributed by atoms with Crippen LogP contribution >= 0.6 is 0 Å². The zero-order chi connectivity index (χ0) is 28.0. The summed E-state index contributed by atoms with van der Waals surface area (Å²) >= 11 is 0. The Balaban J connectivity index is 0.00000280. The minimum absolute atomic E-state index is 0. The first kappa shape index (κ1) is 33.9. The van der Waals surface area contributed by atoms with Gasteiger partial charge < -0.3 is 30.0 Å². The van der Waals surface area contributed by atoms with Crippen LogP contribution in [0, 0.1) is 5.82 Å². The van der Waals surface area contributed by atoms with Gasteiger partial charge in [-0.1, -0.05) is 18.2 Å². The summed E-state index contributed by atoms with van der Waals surface area (Å²) in [5.41, 5.74) is 4.94. The smallest absolute Gasteiger partial charge is 0.744 e. The predicted molar refractivity (Wildman–Crippen MR) is 132 cm³/mol. The SMILES string of the molecule is Cn1cc(NC(=O)c2ccc(F)c(N)c2)cc1C(=O)Nc1ccc2c(S(=O)(=O)[O-])cccc2c1S(=O)(=O)[O-].[Na+].[Na+]. The number of amides is 2. The van der Waals surface area contributed by atoms with Crippen molar-refractivity contribution in [3.05, 3.63) is 77.9 Å². The molecule has 0 unspecified atom stereocenters. The average molecular weight is 607 g/mol. The number of halogens is 1. The second-order valence-corrected chi connectivity index (χ2v) is 10.7. The Labute approximate surface area is 272 Å². The van der Waals surface area contributed by atoms with Crippen molar-refractivity contribution in [2.45, 2.75) is 9.79 Å². The Hall–Kier alpha value is -2.31. The molecule has 0 fully saturated rings. The van der Waals surface area contributed by atoms with E-state index >= 15 is 0 Å². The van der Waals surface area contributed by atoms with Crippen LogP contribution in [0.15, 0.2) is 70.6 Å². The molecule has 0 aliphatic carbocycles. The molecular formula is C23H17FN4Na2O8S2. The second kappa shape index (κ2) is 12.7. The van der Waals surface area contributed by atoms with Gasteiger partial charge in [0.15, 0.2) is 0 Å².